The zero-order chi connectivity index (χ0) is 19.4. The lowest BCUT2D eigenvalue weighted by molar-refractivity contribution is 0.0993. The fourth-order valence-electron chi connectivity index (χ4n) is 2.82. The quantitative estimate of drug-likeness (QED) is 0.344. The van der Waals surface area contributed by atoms with Gasteiger partial charge >= 0.3 is 0 Å². The number of hydrogen-bond acceptors (Lipinski definition) is 5. The molecule has 138 valence electrons. The van der Waals surface area contributed by atoms with E-state index >= 15 is 0 Å². The van der Waals surface area contributed by atoms with E-state index in [1.165, 1.54) is 11.8 Å². The zero-order valence-corrected chi connectivity index (χ0v) is 16.5. The first kappa shape index (κ1) is 19.0. The smallest absolute Gasteiger partial charge is 0.192 e. The summed E-state index contributed by atoms with van der Waals surface area (Å²) in [6.07, 6.45) is 5.25. The third-order valence-electron chi connectivity index (χ3n) is 4.28. The lowest BCUT2D eigenvalue weighted by atomic mass is 10.0. The van der Waals surface area contributed by atoms with Crippen molar-refractivity contribution in [3.8, 4) is 11.4 Å². The maximum absolute atomic E-state index is 13.0. The Kier molecular flexibility index (Phi) is 5.86. The van der Waals surface area contributed by atoms with Crippen LogP contribution in [-0.4, -0.2) is 30.8 Å². The summed E-state index contributed by atoms with van der Waals surface area (Å²) in [6, 6.07) is 9.74. The molecule has 0 aliphatic heterocycles. The lowest BCUT2D eigenvalue weighted by Gasteiger charge is -2.13. The molecule has 1 aromatic carbocycles. The second kappa shape index (κ2) is 8.31. The van der Waals surface area contributed by atoms with Gasteiger partial charge in [0.15, 0.2) is 16.8 Å². The maximum atomic E-state index is 13.0. The first-order chi connectivity index (χ1) is 13.0. The van der Waals surface area contributed by atoms with Crippen LogP contribution in [0.1, 0.15) is 28.4 Å². The van der Waals surface area contributed by atoms with Crippen LogP contribution >= 0.6 is 11.8 Å². The average molecular weight is 379 g/mol. The van der Waals surface area contributed by atoms with Crippen molar-refractivity contribution in [3.05, 3.63) is 72.1 Å². The number of nitrogens with zero attached hydrogens (tertiary/aromatic N) is 4. The molecular weight excluding hydrogens is 356 g/mol. The SMILES string of the molecule is C=CCn1c(S[C@H](C)C(=O)c2cc(C)ccc2C)nnc1-c1ccncc1. The average Bonchev–Trinajstić information content (AvgIpc) is 3.06. The molecule has 0 bridgehead atoms. The van der Waals surface area contributed by atoms with Crippen molar-refractivity contribution in [3.63, 3.8) is 0 Å². The Balaban J connectivity index is 1.88. The van der Waals surface area contributed by atoms with Gasteiger partial charge in [0, 0.05) is 30.1 Å². The van der Waals surface area contributed by atoms with Gasteiger partial charge < -0.3 is 0 Å². The van der Waals surface area contributed by atoms with Gasteiger partial charge in [0.05, 0.1) is 5.25 Å². The second-order valence-corrected chi connectivity index (χ2v) is 7.69. The Hall–Kier alpha value is -2.73. The molecule has 0 fully saturated rings. The zero-order valence-electron chi connectivity index (χ0n) is 15.7. The van der Waals surface area contributed by atoms with Crippen molar-refractivity contribution in [1.29, 1.82) is 0 Å². The van der Waals surface area contributed by atoms with Crippen molar-refractivity contribution >= 4 is 17.5 Å². The summed E-state index contributed by atoms with van der Waals surface area (Å²) in [6.45, 7) is 10.3. The number of hydrogen-bond donors (Lipinski definition) is 0. The summed E-state index contributed by atoms with van der Waals surface area (Å²) in [5.74, 6) is 0.839. The van der Waals surface area contributed by atoms with Crippen molar-refractivity contribution < 1.29 is 4.79 Å². The molecule has 0 aliphatic rings. The Morgan fingerprint density at radius 2 is 1.96 bits per heavy atom. The van der Waals surface area contributed by atoms with Gasteiger partial charge in [-0.2, -0.15) is 0 Å². The molecule has 0 saturated heterocycles. The molecule has 0 saturated carbocycles. The Morgan fingerprint density at radius 3 is 2.67 bits per heavy atom. The van der Waals surface area contributed by atoms with Gasteiger partial charge in [-0.15, -0.1) is 16.8 Å². The maximum Gasteiger partial charge on any atom is 0.192 e. The van der Waals surface area contributed by atoms with Gasteiger partial charge in [-0.1, -0.05) is 35.5 Å². The lowest BCUT2D eigenvalue weighted by Crippen LogP contribution is -2.16. The fourth-order valence-corrected chi connectivity index (χ4v) is 3.74. The number of thioether (sulfide) groups is 1. The predicted molar refractivity (Wildman–Crippen MR) is 109 cm³/mol. The van der Waals surface area contributed by atoms with Crippen LogP contribution < -0.4 is 0 Å². The van der Waals surface area contributed by atoms with Crippen molar-refractivity contribution in [1.82, 2.24) is 19.7 Å². The highest BCUT2D eigenvalue weighted by molar-refractivity contribution is 8.00. The minimum atomic E-state index is -0.274. The van der Waals surface area contributed by atoms with Crippen molar-refractivity contribution in [2.45, 2.75) is 37.7 Å². The summed E-state index contributed by atoms with van der Waals surface area (Å²) in [4.78, 5) is 17.0. The number of allylic oxidation sites excluding steroid dienone is 1. The Morgan fingerprint density at radius 1 is 1.22 bits per heavy atom. The number of pyridine rings is 1. The van der Waals surface area contributed by atoms with E-state index in [1.54, 1.807) is 18.5 Å². The standard InChI is InChI=1S/C21H22N4OS/c1-5-12-25-20(17-8-10-22-11-9-17)23-24-21(25)27-16(4)19(26)18-13-14(2)6-7-15(18)3/h5-11,13,16H,1,12H2,2-4H3/t16-/m1/s1. The molecule has 6 heteroatoms. The molecule has 2 aromatic heterocycles. The highest BCUT2D eigenvalue weighted by atomic mass is 32.2. The highest BCUT2D eigenvalue weighted by Crippen LogP contribution is 2.29. The molecule has 3 aromatic rings. The third-order valence-corrected chi connectivity index (χ3v) is 5.36. The summed E-state index contributed by atoms with van der Waals surface area (Å²) in [5, 5.41) is 9.08. The first-order valence-corrected chi connectivity index (χ1v) is 9.62. The van der Waals surface area contributed by atoms with Crippen LogP contribution in [0.2, 0.25) is 0 Å². The third kappa shape index (κ3) is 4.17. The number of benzene rings is 1. The summed E-state index contributed by atoms with van der Waals surface area (Å²) >= 11 is 1.42. The van der Waals surface area contributed by atoms with Crippen LogP contribution in [0, 0.1) is 13.8 Å². The molecule has 0 radical (unpaired) electrons. The Bertz CT molecular complexity index is 966. The number of aryl methyl sites for hydroxylation is 2. The molecule has 1 atom stereocenters. The summed E-state index contributed by atoms with van der Waals surface area (Å²) < 4.78 is 1.97. The van der Waals surface area contributed by atoms with E-state index in [0.717, 1.165) is 28.1 Å². The predicted octanol–water partition coefficient (Wildman–Crippen LogP) is 4.51. The van der Waals surface area contributed by atoms with E-state index < -0.39 is 0 Å². The van der Waals surface area contributed by atoms with Gasteiger partial charge in [-0.25, -0.2) is 0 Å². The Labute approximate surface area is 163 Å². The van der Waals surface area contributed by atoms with E-state index in [9.17, 15) is 4.79 Å². The van der Waals surface area contributed by atoms with Gasteiger partial charge in [0.2, 0.25) is 0 Å². The molecule has 27 heavy (non-hydrogen) atoms. The second-order valence-electron chi connectivity index (χ2n) is 6.38. The molecule has 0 spiro atoms. The summed E-state index contributed by atoms with van der Waals surface area (Å²) in [7, 11) is 0. The monoisotopic (exact) mass is 378 g/mol. The molecule has 0 unspecified atom stereocenters. The molecule has 3 rings (SSSR count). The van der Waals surface area contributed by atoms with E-state index in [4.69, 9.17) is 0 Å². The number of rotatable bonds is 7. The molecule has 5 nitrogen and oxygen atoms in total. The number of carbonyl (C=O) groups is 1. The van der Waals surface area contributed by atoms with Crippen molar-refractivity contribution in [2.24, 2.45) is 0 Å². The van der Waals surface area contributed by atoms with Crippen LogP contribution in [0.5, 0.6) is 0 Å². The topological polar surface area (TPSA) is 60.7 Å². The highest BCUT2D eigenvalue weighted by Gasteiger charge is 2.22. The van der Waals surface area contributed by atoms with E-state index in [1.807, 2.05) is 55.7 Å². The minimum absolute atomic E-state index is 0.0971. The molecule has 0 amide bonds. The van der Waals surface area contributed by atoms with E-state index in [-0.39, 0.29) is 11.0 Å². The van der Waals surface area contributed by atoms with Crippen LogP contribution in [0.4, 0.5) is 0 Å². The van der Waals surface area contributed by atoms with Crippen LogP contribution in [0.25, 0.3) is 11.4 Å². The largest absolute Gasteiger partial charge is 0.298 e. The normalized spacial score (nSPS) is 12.0. The van der Waals surface area contributed by atoms with Crippen molar-refractivity contribution in [2.75, 3.05) is 0 Å². The number of aromatic nitrogens is 4. The molecular formula is C21H22N4OS. The number of carbonyl (C=O) groups excluding carboxylic acids is 1. The van der Waals surface area contributed by atoms with E-state index in [2.05, 4.69) is 21.8 Å². The van der Waals surface area contributed by atoms with Gasteiger partial charge in [-0.3, -0.25) is 14.3 Å². The number of Topliss-reactive ketones (excluding diaryl/α,β-unsaturated/α-hetero) is 1. The van der Waals surface area contributed by atoms with Crippen LogP contribution in [0.15, 0.2) is 60.5 Å². The van der Waals surface area contributed by atoms with Crippen LogP contribution in [0.3, 0.4) is 0 Å². The van der Waals surface area contributed by atoms with Gasteiger partial charge in [0.1, 0.15) is 0 Å². The fraction of sp³-hybridized carbons (Fsp3) is 0.238. The molecule has 2 heterocycles. The summed E-state index contributed by atoms with van der Waals surface area (Å²) in [5.41, 5.74) is 3.76. The molecule has 0 N–H and O–H groups in total. The molecule has 0 aliphatic carbocycles. The van der Waals surface area contributed by atoms with Gasteiger partial charge in [-0.05, 0) is 44.5 Å². The van der Waals surface area contributed by atoms with Gasteiger partial charge in [0.25, 0.3) is 0 Å². The first-order valence-electron chi connectivity index (χ1n) is 8.74. The van der Waals surface area contributed by atoms with Crippen LogP contribution in [-0.2, 0) is 6.54 Å². The number of ketones is 1. The van der Waals surface area contributed by atoms with E-state index in [0.29, 0.717) is 11.7 Å². The minimum Gasteiger partial charge on any atom is -0.298 e.